The quantitative estimate of drug-likeness (QED) is 0.639. The van der Waals surface area contributed by atoms with Crippen molar-refractivity contribution in [3.8, 4) is 0 Å². The highest BCUT2D eigenvalue weighted by molar-refractivity contribution is 5.79. The zero-order valence-corrected chi connectivity index (χ0v) is 10.6. The Morgan fingerprint density at radius 1 is 1.50 bits per heavy atom. The predicted octanol–water partition coefficient (Wildman–Crippen LogP) is -0.914. The van der Waals surface area contributed by atoms with Crippen LogP contribution in [-0.2, 0) is 4.79 Å². The molecule has 3 N–H and O–H groups in total. The molecular formula is C11H24N4O. The molecule has 0 radical (unpaired) electrons. The average molecular weight is 228 g/mol. The summed E-state index contributed by atoms with van der Waals surface area (Å²) in [6.07, 6.45) is 0.752. The van der Waals surface area contributed by atoms with Gasteiger partial charge in [-0.2, -0.15) is 0 Å². The number of primary amides is 1. The minimum Gasteiger partial charge on any atom is -0.368 e. The molecule has 1 aliphatic heterocycles. The van der Waals surface area contributed by atoms with Gasteiger partial charge in [0.1, 0.15) is 0 Å². The summed E-state index contributed by atoms with van der Waals surface area (Å²) in [6, 6.07) is 0.271. The molecule has 16 heavy (non-hydrogen) atoms. The van der Waals surface area contributed by atoms with E-state index in [1.165, 1.54) is 0 Å². The summed E-state index contributed by atoms with van der Waals surface area (Å²) < 4.78 is 0. The second kappa shape index (κ2) is 6.18. The lowest BCUT2D eigenvalue weighted by Crippen LogP contribution is -2.55. The van der Waals surface area contributed by atoms with Gasteiger partial charge in [0, 0.05) is 32.2 Å². The smallest absolute Gasteiger partial charge is 0.234 e. The molecule has 1 amide bonds. The van der Waals surface area contributed by atoms with Gasteiger partial charge in [0.2, 0.25) is 5.91 Å². The second-order valence-electron chi connectivity index (χ2n) is 4.67. The molecule has 0 aromatic heterocycles. The van der Waals surface area contributed by atoms with E-state index in [0.717, 1.165) is 32.6 Å². The van der Waals surface area contributed by atoms with Crippen LogP contribution in [0.15, 0.2) is 0 Å². The van der Waals surface area contributed by atoms with E-state index in [9.17, 15) is 4.79 Å². The van der Waals surface area contributed by atoms with Gasteiger partial charge in [-0.3, -0.25) is 9.69 Å². The minimum atomic E-state index is -0.255. The van der Waals surface area contributed by atoms with Crippen molar-refractivity contribution >= 4 is 5.91 Å². The van der Waals surface area contributed by atoms with E-state index in [0.29, 0.717) is 6.04 Å². The Balaban J connectivity index is 2.37. The topological polar surface area (TPSA) is 61.6 Å². The summed E-state index contributed by atoms with van der Waals surface area (Å²) in [5, 5.41) is 3.25. The molecule has 0 saturated carbocycles. The number of nitrogens with one attached hydrogen (secondary N) is 1. The van der Waals surface area contributed by atoms with Crippen LogP contribution in [-0.4, -0.2) is 68.1 Å². The highest BCUT2D eigenvalue weighted by Crippen LogP contribution is 2.05. The lowest BCUT2D eigenvalue weighted by molar-refractivity contribution is -0.120. The number of piperazine rings is 1. The number of amides is 1. The molecule has 0 spiro atoms. The fraction of sp³-hybridized carbons (Fsp3) is 0.909. The standard InChI is InChI=1S/C11H24N4O/c1-4-10(11(12)16)13-7-9-8-14(2)5-6-15(9)3/h9-10,13H,4-8H2,1-3H3,(H2,12,16). The van der Waals surface area contributed by atoms with Gasteiger partial charge in [0.05, 0.1) is 6.04 Å². The minimum absolute atomic E-state index is 0.194. The maximum absolute atomic E-state index is 11.1. The summed E-state index contributed by atoms with van der Waals surface area (Å²) in [4.78, 5) is 15.7. The summed E-state index contributed by atoms with van der Waals surface area (Å²) in [5.41, 5.74) is 5.30. The number of likely N-dealkylation sites (N-methyl/N-ethyl adjacent to an activating group) is 2. The number of nitrogens with two attached hydrogens (primary N) is 1. The van der Waals surface area contributed by atoms with E-state index >= 15 is 0 Å². The summed E-state index contributed by atoms with van der Waals surface area (Å²) >= 11 is 0. The number of carbonyl (C=O) groups excluding carboxylic acids is 1. The molecule has 5 nitrogen and oxygen atoms in total. The molecule has 0 aromatic rings. The van der Waals surface area contributed by atoms with E-state index in [1.807, 2.05) is 6.92 Å². The van der Waals surface area contributed by atoms with Crippen LogP contribution in [0, 0.1) is 0 Å². The Kier molecular flexibility index (Phi) is 5.18. The Morgan fingerprint density at radius 2 is 2.19 bits per heavy atom. The molecule has 1 rings (SSSR count). The predicted molar refractivity (Wildman–Crippen MR) is 65.2 cm³/mol. The van der Waals surface area contributed by atoms with Crippen LogP contribution in [0.1, 0.15) is 13.3 Å². The highest BCUT2D eigenvalue weighted by atomic mass is 16.1. The van der Waals surface area contributed by atoms with Crippen molar-refractivity contribution in [3.05, 3.63) is 0 Å². The average Bonchev–Trinajstić information content (AvgIpc) is 2.23. The van der Waals surface area contributed by atoms with Crippen LogP contribution in [0.5, 0.6) is 0 Å². The van der Waals surface area contributed by atoms with Gasteiger partial charge in [-0.25, -0.2) is 0 Å². The third-order valence-electron chi connectivity index (χ3n) is 3.33. The number of carbonyl (C=O) groups is 1. The van der Waals surface area contributed by atoms with Gasteiger partial charge in [0.15, 0.2) is 0 Å². The van der Waals surface area contributed by atoms with Gasteiger partial charge in [0.25, 0.3) is 0 Å². The molecule has 1 saturated heterocycles. The number of nitrogens with zero attached hydrogens (tertiary/aromatic N) is 2. The lowest BCUT2D eigenvalue weighted by atomic mass is 10.1. The second-order valence-corrected chi connectivity index (χ2v) is 4.67. The van der Waals surface area contributed by atoms with E-state index < -0.39 is 0 Å². The monoisotopic (exact) mass is 228 g/mol. The zero-order chi connectivity index (χ0) is 12.1. The Labute approximate surface area is 98.0 Å². The SMILES string of the molecule is CCC(NCC1CN(C)CCN1C)C(N)=O. The summed E-state index contributed by atoms with van der Waals surface area (Å²) in [5.74, 6) is -0.255. The fourth-order valence-corrected chi connectivity index (χ4v) is 2.05. The molecule has 0 aliphatic carbocycles. The number of hydrogen-bond donors (Lipinski definition) is 2. The van der Waals surface area contributed by atoms with E-state index in [-0.39, 0.29) is 11.9 Å². The van der Waals surface area contributed by atoms with Crippen LogP contribution < -0.4 is 11.1 Å². The van der Waals surface area contributed by atoms with E-state index in [1.54, 1.807) is 0 Å². The molecule has 0 bridgehead atoms. The third-order valence-corrected chi connectivity index (χ3v) is 3.33. The Morgan fingerprint density at radius 3 is 2.75 bits per heavy atom. The maximum Gasteiger partial charge on any atom is 0.234 e. The van der Waals surface area contributed by atoms with Crippen LogP contribution >= 0.6 is 0 Å². The van der Waals surface area contributed by atoms with Crippen LogP contribution in [0.25, 0.3) is 0 Å². The van der Waals surface area contributed by atoms with Crippen molar-refractivity contribution in [2.45, 2.75) is 25.4 Å². The largest absolute Gasteiger partial charge is 0.368 e. The third kappa shape index (κ3) is 3.73. The van der Waals surface area contributed by atoms with Crippen molar-refractivity contribution < 1.29 is 4.79 Å². The molecule has 1 heterocycles. The van der Waals surface area contributed by atoms with Gasteiger partial charge < -0.3 is 16.0 Å². The van der Waals surface area contributed by atoms with Crippen molar-refractivity contribution in [2.24, 2.45) is 5.73 Å². The zero-order valence-electron chi connectivity index (χ0n) is 10.6. The highest BCUT2D eigenvalue weighted by Gasteiger charge is 2.23. The Bertz CT molecular complexity index is 234. The Hall–Kier alpha value is -0.650. The van der Waals surface area contributed by atoms with Gasteiger partial charge >= 0.3 is 0 Å². The van der Waals surface area contributed by atoms with E-state index in [4.69, 9.17) is 5.73 Å². The van der Waals surface area contributed by atoms with Gasteiger partial charge in [-0.1, -0.05) is 6.92 Å². The fourth-order valence-electron chi connectivity index (χ4n) is 2.05. The van der Waals surface area contributed by atoms with E-state index in [2.05, 4.69) is 29.2 Å². The number of hydrogen-bond acceptors (Lipinski definition) is 4. The first-order valence-corrected chi connectivity index (χ1v) is 5.96. The molecule has 2 atom stereocenters. The first-order chi connectivity index (χ1) is 7.54. The molecule has 2 unspecified atom stereocenters. The number of rotatable bonds is 5. The first-order valence-electron chi connectivity index (χ1n) is 5.96. The van der Waals surface area contributed by atoms with Crippen LogP contribution in [0.4, 0.5) is 0 Å². The van der Waals surface area contributed by atoms with Crippen molar-refractivity contribution in [3.63, 3.8) is 0 Å². The summed E-state index contributed by atoms with van der Waals surface area (Å²) in [6.45, 7) is 6.02. The molecule has 5 heteroatoms. The lowest BCUT2D eigenvalue weighted by Gasteiger charge is -2.38. The van der Waals surface area contributed by atoms with Gasteiger partial charge in [-0.15, -0.1) is 0 Å². The molecule has 94 valence electrons. The molecular weight excluding hydrogens is 204 g/mol. The normalized spacial score (nSPS) is 25.6. The molecule has 0 aromatic carbocycles. The van der Waals surface area contributed by atoms with Crippen LogP contribution in [0.2, 0.25) is 0 Å². The molecule has 1 aliphatic rings. The maximum atomic E-state index is 11.1. The van der Waals surface area contributed by atoms with Crippen LogP contribution in [0.3, 0.4) is 0 Å². The first kappa shape index (κ1) is 13.4. The van der Waals surface area contributed by atoms with Crippen molar-refractivity contribution in [1.82, 2.24) is 15.1 Å². The summed E-state index contributed by atoms with van der Waals surface area (Å²) in [7, 11) is 4.26. The van der Waals surface area contributed by atoms with Gasteiger partial charge in [-0.05, 0) is 20.5 Å². The molecule has 1 fully saturated rings. The van der Waals surface area contributed by atoms with Crippen molar-refractivity contribution in [2.75, 3.05) is 40.3 Å². The van der Waals surface area contributed by atoms with Crippen molar-refractivity contribution in [1.29, 1.82) is 0 Å².